The van der Waals surface area contributed by atoms with Gasteiger partial charge in [-0.15, -0.1) is 0 Å². The Morgan fingerprint density at radius 1 is 0.569 bits per heavy atom. The molecule has 0 aliphatic heterocycles. The molecule has 2 heterocycles. The Morgan fingerprint density at radius 3 is 1.89 bits per heavy atom. The molecule has 0 unspecified atom stereocenters. The zero-order valence-corrected chi connectivity index (χ0v) is 39.3. The van der Waals surface area contributed by atoms with Crippen LogP contribution in [0.15, 0.2) is 140 Å². The van der Waals surface area contributed by atoms with Crippen LogP contribution in [-0.2, 0) is 21.7 Å². The van der Waals surface area contributed by atoms with Gasteiger partial charge in [-0.25, -0.2) is 4.98 Å². The Balaban J connectivity index is 1.42. The van der Waals surface area contributed by atoms with Gasteiger partial charge < -0.3 is 5.11 Å². The van der Waals surface area contributed by atoms with Crippen LogP contribution in [0.25, 0.3) is 72.7 Å². The molecule has 0 aliphatic carbocycles. The molecule has 0 radical (unpaired) electrons. The lowest BCUT2D eigenvalue weighted by atomic mass is 9.79. The van der Waals surface area contributed by atoms with E-state index < -0.39 is 72.4 Å². The van der Waals surface area contributed by atoms with Gasteiger partial charge in [-0.2, -0.15) is 0 Å². The summed E-state index contributed by atoms with van der Waals surface area (Å²) in [6, 6.07) is 31.3. The van der Waals surface area contributed by atoms with E-state index in [1.165, 1.54) is 12.3 Å². The fraction of sp³-hybridized carbons (Fsp3) is 0.311. The minimum absolute atomic E-state index is 0.106. The highest BCUT2D eigenvalue weighted by Gasteiger charge is 2.30. The normalized spacial score (nSPS) is 16.5. The van der Waals surface area contributed by atoms with Gasteiger partial charge in [-0.05, 0) is 121 Å². The molecule has 8 aromatic rings. The average molecular weight is 872 g/mol. The summed E-state index contributed by atoms with van der Waals surface area (Å²) in [4.78, 5) is 10.3. The molecule has 65 heavy (non-hydrogen) atoms. The zero-order chi connectivity index (χ0) is 58.7. The number of fused-ring (bicyclic) bond motifs is 1. The molecular weight excluding hydrogens is 791 g/mol. The fourth-order valence-corrected chi connectivity index (χ4v) is 8.21. The summed E-state index contributed by atoms with van der Waals surface area (Å²) in [5.74, 6) is -0.327. The van der Waals surface area contributed by atoms with Crippen molar-refractivity contribution in [3.8, 4) is 67.5 Å². The van der Waals surface area contributed by atoms with Gasteiger partial charge in [0.15, 0.2) is 0 Å². The number of hydrogen-bond donors (Lipinski definition) is 1. The molecule has 2 aromatic heterocycles. The molecule has 0 amide bonds. The predicted octanol–water partition coefficient (Wildman–Crippen LogP) is 16.8. The lowest BCUT2D eigenvalue weighted by Crippen LogP contribution is -2.17. The molecular formula is C61H67N3O. The molecule has 0 spiro atoms. The van der Waals surface area contributed by atoms with Crippen LogP contribution in [0, 0.1) is 0 Å². The van der Waals surface area contributed by atoms with Gasteiger partial charge in [0.1, 0.15) is 11.6 Å². The summed E-state index contributed by atoms with van der Waals surface area (Å²) in [7, 11) is 0. The third-order valence-electron chi connectivity index (χ3n) is 12.1. The highest BCUT2D eigenvalue weighted by atomic mass is 16.3. The first-order chi connectivity index (χ1) is 36.2. The molecule has 332 valence electrons. The Hall–Kier alpha value is -6.26. The van der Waals surface area contributed by atoms with E-state index in [-0.39, 0.29) is 22.3 Å². The second kappa shape index (κ2) is 16.6. The van der Waals surface area contributed by atoms with E-state index in [2.05, 4.69) is 85.1 Å². The van der Waals surface area contributed by atoms with Crippen LogP contribution in [0.4, 0.5) is 0 Å². The maximum Gasteiger partial charge on any atom is 0.149 e. The second-order valence-corrected chi connectivity index (χ2v) is 20.4. The molecule has 8 rings (SSSR count). The van der Waals surface area contributed by atoms with E-state index in [1.807, 2.05) is 92.7 Å². The highest BCUT2D eigenvalue weighted by Crippen LogP contribution is 2.46. The number of rotatable bonds is 7. The lowest BCUT2D eigenvalue weighted by molar-refractivity contribution is 0.446. The maximum atomic E-state index is 12.6. The van der Waals surface area contributed by atoms with Crippen molar-refractivity contribution in [3.63, 3.8) is 0 Å². The summed E-state index contributed by atoms with van der Waals surface area (Å²) >= 11 is 0. The molecule has 0 bridgehead atoms. The van der Waals surface area contributed by atoms with Crippen molar-refractivity contribution >= 4 is 11.0 Å². The SMILES string of the molecule is [2H]c1c([2H])c(C(C([2H])([2H])[2H])(C([2H])([2H])[2H])C([2H])([2H])[2H])c([2H])c([2H])c1-c1ccnc(-c2cc(-c3cccc4c3nc(-c3cc(C(C)(C)C)cc(C(C)(C)C)c3O)n4-c3ccc(C([2H])(C)C)cc3-c3ccccc3)cc(C(C)(C)C)c2)c1. The average Bonchev–Trinajstić information content (AvgIpc) is 3.72. The Kier molecular flexibility index (Phi) is 7.88. The van der Waals surface area contributed by atoms with E-state index in [4.69, 9.17) is 29.2 Å². The van der Waals surface area contributed by atoms with E-state index in [0.717, 1.165) is 55.7 Å². The number of para-hydroxylation sites is 1. The number of benzene rings is 6. The quantitative estimate of drug-likeness (QED) is 0.174. The van der Waals surface area contributed by atoms with Crippen LogP contribution in [0.5, 0.6) is 5.75 Å². The molecule has 0 aliphatic rings. The van der Waals surface area contributed by atoms with Crippen molar-refractivity contribution < 1.29 is 24.3 Å². The lowest BCUT2D eigenvalue weighted by Gasteiger charge is -2.27. The van der Waals surface area contributed by atoms with Crippen LogP contribution in [0.3, 0.4) is 0 Å². The number of pyridine rings is 1. The van der Waals surface area contributed by atoms with Crippen LogP contribution in [-0.4, -0.2) is 19.6 Å². The summed E-state index contributed by atoms with van der Waals surface area (Å²) in [5, 5.41) is 12.6. The first kappa shape index (κ1) is 30.8. The zero-order valence-electron chi connectivity index (χ0n) is 53.3. The van der Waals surface area contributed by atoms with Gasteiger partial charge in [0.2, 0.25) is 0 Å². The van der Waals surface area contributed by atoms with Gasteiger partial charge in [0, 0.05) is 42.2 Å². The van der Waals surface area contributed by atoms with E-state index >= 15 is 0 Å². The van der Waals surface area contributed by atoms with E-state index in [0.29, 0.717) is 28.2 Å². The van der Waals surface area contributed by atoms with E-state index in [9.17, 15) is 5.11 Å². The molecule has 0 fully saturated rings. The van der Waals surface area contributed by atoms with Crippen molar-refractivity contribution in [1.82, 2.24) is 14.5 Å². The monoisotopic (exact) mass is 872 g/mol. The van der Waals surface area contributed by atoms with Crippen molar-refractivity contribution in [2.24, 2.45) is 0 Å². The number of phenols is 1. The van der Waals surface area contributed by atoms with Crippen molar-refractivity contribution in [1.29, 1.82) is 0 Å². The number of phenolic OH excluding ortho intramolecular Hbond substituents is 1. The smallest absolute Gasteiger partial charge is 0.149 e. The summed E-state index contributed by atoms with van der Waals surface area (Å²) in [6.45, 7) is 11.1. The fourth-order valence-electron chi connectivity index (χ4n) is 8.21. The number of aromatic hydroxyl groups is 1. The molecule has 1 N–H and O–H groups in total. The second-order valence-electron chi connectivity index (χ2n) is 20.4. The van der Waals surface area contributed by atoms with Crippen LogP contribution in [0.1, 0.15) is 150 Å². The topological polar surface area (TPSA) is 50.9 Å². The third-order valence-corrected chi connectivity index (χ3v) is 12.1. The Labute approximate surface area is 408 Å². The number of hydrogen-bond acceptors (Lipinski definition) is 3. The third kappa shape index (κ3) is 9.06. The molecule has 4 heteroatoms. The van der Waals surface area contributed by atoms with Crippen molar-refractivity contribution in [2.45, 2.75) is 124 Å². The summed E-state index contributed by atoms with van der Waals surface area (Å²) in [6.07, 6.45) is 1.43. The number of imidazole rings is 1. The summed E-state index contributed by atoms with van der Waals surface area (Å²) < 4.78 is 122. The molecule has 0 saturated carbocycles. The standard InChI is InChI=1S/C61H67N3O/c1-38(2)41-25-28-53(49(34-41)40-19-16-15-17-20-40)64-54-22-18-21-48(55(54)63-57(64)50-36-47(60(9,10)11)37-51(56(50)65)61(12,13)14)43-31-44(33-46(32-43)59(6,7)8)52-35-42(29-30-62-52)39-23-26-45(27-24-39)58(3,4)5/h15-38,65H,1-14H3/i3D3,4D3,5D3,23D,24D,26D,27D,38D. The van der Waals surface area contributed by atoms with E-state index in [1.54, 1.807) is 6.07 Å². The van der Waals surface area contributed by atoms with Gasteiger partial charge in [0.05, 0.1) is 33.5 Å². The van der Waals surface area contributed by atoms with Gasteiger partial charge in [-0.1, -0.05) is 182 Å². The van der Waals surface area contributed by atoms with Gasteiger partial charge in [0.25, 0.3) is 0 Å². The van der Waals surface area contributed by atoms with Crippen molar-refractivity contribution in [3.05, 3.63) is 167 Å². The van der Waals surface area contributed by atoms with Crippen LogP contribution in [0.2, 0.25) is 0 Å². The Bertz CT molecular complexity index is 3610. The molecule has 0 saturated heterocycles. The first-order valence-electron chi connectivity index (χ1n) is 29.1. The predicted molar refractivity (Wildman–Crippen MR) is 277 cm³/mol. The minimum Gasteiger partial charge on any atom is -0.507 e. The Morgan fingerprint density at radius 2 is 1.25 bits per heavy atom. The number of aromatic nitrogens is 3. The summed E-state index contributed by atoms with van der Waals surface area (Å²) in [5.41, 5.74) is 3.97. The van der Waals surface area contributed by atoms with Crippen molar-refractivity contribution in [2.75, 3.05) is 0 Å². The minimum atomic E-state index is -3.81. The van der Waals surface area contributed by atoms with Crippen LogP contribution >= 0.6 is 0 Å². The molecule has 0 atom stereocenters. The highest BCUT2D eigenvalue weighted by molar-refractivity contribution is 5.98. The molecule has 6 aromatic carbocycles. The largest absolute Gasteiger partial charge is 0.507 e. The van der Waals surface area contributed by atoms with Gasteiger partial charge >= 0.3 is 0 Å². The maximum absolute atomic E-state index is 12.6. The molecule has 4 nitrogen and oxygen atoms in total. The van der Waals surface area contributed by atoms with Gasteiger partial charge in [-0.3, -0.25) is 9.55 Å². The first-order valence-corrected chi connectivity index (χ1v) is 22.1. The van der Waals surface area contributed by atoms with Crippen LogP contribution < -0.4 is 0 Å². The number of nitrogens with zero attached hydrogens (tertiary/aromatic N) is 3.